The van der Waals surface area contributed by atoms with Gasteiger partial charge >= 0.3 is 0 Å². The van der Waals surface area contributed by atoms with E-state index >= 15 is 0 Å². The van der Waals surface area contributed by atoms with Crippen molar-refractivity contribution in [2.75, 3.05) is 6.61 Å². The molecular weight excluding hydrogens is 402 g/mol. The Hall–Kier alpha value is -3.04. The molecule has 2 aromatic rings. The van der Waals surface area contributed by atoms with E-state index in [0.29, 0.717) is 16.9 Å². The molecule has 2 aromatic carbocycles. The van der Waals surface area contributed by atoms with E-state index in [-0.39, 0.29) is 5.78 Å². The average Bonchev–Trinajstić information content (AvgIpc) is 2.78. The maximum atomic E-state index is 12.4. The van der Waals surface area contributed by atoms with Gasteiger partial charge in [0.1, 0.15) is 30.1 Å². The smallest absolute Gasteiger partial charge is 0.223 e. The van der Waals surface area contributed by atoms with E-state index in [1.807, 2.05) is 6.07 Å². The second kappa shape index (κ2) is 10.3. The van der Waals surface area contributed by atoms with Gasteiger partial charge in [-0.2, -0.15) is 0 Å². The predicted octanol–water partition coefficient (Wildman–Crippen LogP) is 0.905. The number of allylic oxidation sites excluding steroid dienone is 1. The summed E-state index contributed by atoms with van der Waals surface area (Å²) >= 11 is 0. The Balaban J connectivity index is 1.83. The summed E-state index contributed by atoms with van der Waals surface area (Å²) in [4.78, 5) is 23.9. The van der Waals surface area contributed by atoms with Crippen LogP contribution in [0.2, 0.25) is 0 Å². The van der Waals surface area contributed by atoms with Crippen molar-refractivity contribution in [3.05, 3.63) is 71.8 Å². The number of hydrogen-bond acceptors (Lipinski definition) is 7. The van der Waals surface area contributed by atoms with Crippen LogP contribution in [0.1, 0.15) is 22.8 Å². The average molecular weight is 427 g/mol. The van der Waals surface area contributed by atoms with Crippen molar-refractivity contribution < 1.29 is 34.4 Å². The molecule has 8 heteroatoms. The molecule has 0 aliphatic carbocycles. The van der Waals surface area contributed by atoms with Crippen molar-refractivity contribution in [2.24, 2.45) is 0 Å². The van der Waals surface area contributed by atoms with Crippen molar-refractivity contribution in [3.8, 4) is 5.75 Å². The summed E-state index contributed by atoms with van der Waals surface area (Å²) in [6.45, 7) is 0.720. The number of benzene rings is 2. The largest absolute Gasteiger partial charge is 0.462 e. The van der Waals surface area contributed by atoms with Gasteiger partial charge < -0.3 is 30.1 Å². The second-order valence-corrected chi connectivity index (χ2v) is 7.15. The van der Waals surface area contributed by atoms with Crippen molar-refractivity contribution in [1.82, 2.24) is 5.32 Å². The summed E-state index contributed by atoms with van der Waals surface area (Å²) in [5.74, 6) is -0.294. The van der Waals surface area contributed by atoms with Crippen LogP contribution >= 0.6 is 0 Å². The Labute approximate surface area is 179 Å². The lowest BCUT2D eigenvalue weighted by atomic mass is 9.97. The Morgan fingerprint density at radius 1 is 1.06 bits per heavy atom. The Morgan fingerprint density at radius 2 is 1.74 bits per heavy atom. The molecule has 5 atom stereocenters. The van der Waals surface area contributed by atoms with Crippen molar-refractivity contribution in [2.45, 2.75) is 37.6 Å². The molecule has 0 radical (unpaired) electrons. The number of carbonyl (C=O) groups is 2. The van der Waals surface area contributed by atoms with E-state index in [2.05, 4.69) is 5.32 Å². The zero-order chi connectivity index (χ0) is 22.4. The molecular formula is C23H25NO7. The molecule has 4 N–H and O–H groups in total. The standard InChI is InChI=1S/C23H25NO7/c1-14(26)24-20-22(29)21(28)19(13-25)31-23(20)30-18-10-6-5-9-16(18)11-12-17(27)15-7-3-2-4-8-15/h2-12,19-23,25,28-29H,13H2,1H3,(H,24,26)/b12-11+/t19-,20+,21+,22-,23-/m1/s1. The fourth-order valence-corrected chi connectivity index (χ4v) is 3.29. The van der Waals surface area contributed by atoms with Crippen LogP contribution in [0.15, 0.2) is 60.7 Å². The third kappa shape index (κ3) is 5.56. The van der Waals surface area contributed by atoms with Crippen LogP contribution < -0.4 is 10.1 Å². The number of ether oxygens (including phenoxy) is 2. The van der Waals surface area contributed by atoms with Gasteiger partial charge in [0.05, 0.1) is 6.61 Å². The molecule has 0 unspecified atom stereocenters. The fourth-order valence-electron chi connectivity index (χ4n) is 3.29. The molecule has 1 saturated heterocycles. The zero-order valence-electron chi connectivity index (χ0n) is 16.9. The normalized spacial score (nSPS) is 25.9. The summed E-state index contributed by atoms with van der Waals surface area (Å²) in [5.41, 5.74) is 1.11. The molecule has 0 aromatic heterocycles. The van der Waals surface area contributed by atoms with Gasteiger partial charge in [-0.25, -0.2) is 0 Å². The number of amides is 1. The maximum absolute atomic E-state index is 12.4. The highest BCUT2D eigenvalue weighted by molar-refractivity contribution is 6.06. The number of carbonyl (C=O) groups excluding carboxylic acids is 2. The van der Waals surface area contributed by atoms with Gasteiger partial charge in [-0.1, -0.05) is 48.5 Å². The highest BCUT2D eigenvalue weighted by atomic mass is 16.7. The van der Waals surface area contributed by atoms with E-state index in [1.54, 1.807) is 54.6 Å². The number of ketones is 1. The summed E-state index contributed by atoms with van der Waals surface area (Å²) in [6, 6.07) is 14.6. The molecule has 31 heavy (non-hydrogen) atoms. The first-order valence-electron chi connectivity index (χ1n) is 9.83. The molecule has 0 saturated carbocycles. The molecule has 0 bridgehead atoms. The van der Waals surface area contributed by atoms with Gasteiger partial charge in [0, 0.05) is 18.1 Å². The summed E-state index contributed by atoms with van der Waals surface area (Å²) in [6.07, 6.45) is -2.08. The molecule has 3 rings (SSSR count). The molecule has 1 fully saturated rings. The monoisotopic (exact) mass is 427 g/mol. The van der Waals surface area contributed by atoms with Crippen molar-refractivity contribution in [1.29, 1.82) is 0 Å². The van der Waals surface area contributed by atoms with Crippen LogP contribution in [0, 0.1) is 0 Å². The third-order valence-electron chi connectivity index (χ3n) is 4.89. The Bertz CT molecular complexity index is 931. The van der Waals surface area contributed by atoms with Gasteiger partial charge in [0.2, 0.25) is 12.2 Å². The van der Waals surface area contributed by atoms with E-state index in [0.717, 1.165) is 0 Å². The minimum atomic E-state index is -1.41. The third-order valence-corrected chi connectivity index (χ3v) is 4.89. The van der Waals surface area contributed by atoms with Crippen molar-refractivity contribution >= 4 is 17.8 Å². The number of hydrogen-bond donors (Lipinski definition) is 4. The van der Waals surface area contributed by atoms with Crippen LogP contribution in [-0.4, -0.2) is 64.3 Å². The van der Waals surface area contributed by atoms with E-state index in [9.17, 15) is 24.9 Å². The number of aliphatic hydroxyl groups is 3. The summed E-state index contributed by atoms with van der Waals surface area (Å²) < 4.78 is 11.5. The SMILES string of the molecule is CC(=O)N[C@@H]1[C@H](Oc2ccccc2/C=C/C(=O)c2ccccc2)O[C@H](CO)[C@H](O)[C@@H]1O. The molecule has 1 aliphatic rings. The van der Waals surface area contributed by atoms with E-state index in [1.165, 1.54) is 13.0 Å². The first-order chi connectivity index (χ1) is 14.9. The Morgan fingerprint density at radius 3 is 2.42 bits per heavy atom. The summed E-state index contributed by atoms with van der Waals surface area (Å²) in [7, 11) is 0. The molecule has 0 spiro atoms. The highest BCUT2D eigenvalue weighted by Crippen LogP contribution is 2.27. The van der Waals surface area contributed by atoms with Gasteiger partial charge in [-0.05, 0) is 18.2 Å². The second-order valence-electron chi connectivity index (χ2n) is 7.15. The van der Waals surface area contributed by atoms with Crippen molar-refractivity contribution in [3.63, 3.8) is 0 Å². The molecule has 1 amide bonds. The first-order valence-corrected chi connectivity index (χ1v) is 9.83. The van der Waals surface area contributed by atoms with Gasteiger partial charge in [0.25, 0.3) is 0 Å². The minimum Gasteiger partial charge on any atom is -0.462 e. The van der Waals surface area contributed by atoms with Gasteiger partial charge in [-0.3, -0.25) is 9.59 Å². The van der Waals surface area contributed by atoms with Crippen LogP contribution in [0.25, 0.3) is 6.08 Å². The van der Waals surface area contributed by atoms with Crippen LogP contribution in [0.4, 0.5) is 0 Å². The molecule has 1 heterocycles. The van der Waals surface area contributed by atoms with Gasteiger partial charge in [0.15, 0.2) is 5.78 Å². The minimum absolute atomic E-state index is 0.181. The summed E-state index contributed by atoms with van der Waals surface area (Å²) in [5, 5.41) is 32.5. The van der Waals surface area contributed by atoms with Crippen LogP contribution in [0.3, 0.4) is 0 Å². The maximum Gasteiger partial charge on any atom is 0.223 e. The van der Waals surface area contributed by atoms with Crippen LogP contribution in [0.5, 0.6) is 5.75 Å². The number of para-hydroxylation sites is 1. The van der Waals surface area contributed by atoms with E-state index < -0.39 is 43.2 Å². The lowest BCUT2D eigenvalue weighted by molar-refractivity contribution is -0.244. The topological polar surface area (TPSA) is 125 Å². The zero-order valence-corrected chi connectivity index (χ0v) is 16.9. The quantitative estimate of drug-likeness (QED) is 0.382. The predicted molar refractivity (Wildman–Crippen MR) is 112 cm³/mol. The lowest BCUT2D eigenvalue weighted by Crippen LogP contribution is -2.65. The van der Waals surface area contributed by atoms with Crippen LogP contribution in [-0.2, 0) is 9.53 Å². The lowest BCUT2D eigenvalue weighted by Gasteiger charge is -2.42. The first kappa shape index (κ1) is 22.6. The number of aliphatic hydroxyl groups excluding tert-OH is 3. The van der Waals surface area contributed by atoms with Gasteiger partial charge in [-0.15, -0.1) is 0 Å². The van der Waals surface area contributed by atoms with E-state index in [4.69, 9.17) is 9.47 Å². The fraction of sp³-hybridized carbons (Fsp3) is 0.304. The molecule has 1 aliphatic heterocycles. The number of nitrogens with one attached hydrogen (secondary N) is 1. The molecule has 8 nitrogen and oxygen atoms in total. The number of rotatable bonds is 7. The Kier molecular flexibility index (Phi) is 7.54. The molecule has 164 valence electrons. The highest BCUT2D eigenvalue weighted by Gasteiger charge is 2.46.